The normalized spacial score (nSPS) is 10.3. The Morgan fingerprint density at radius 1 is 0.833 bits per heavy atom. The maximum atomic E-state index is 9.32. The molecule has 0 unspecified atom stereocenters. The predicted octanol–water partition coefficient (Wildman–Crippen LogP) is 1.85. The molecule has 0 heterocycles. The van der Waals surface area contributed by atoms with Crippen LogP contribution >= 0.6 is 0 Å². The van der Waals surface area contributed by atoms with Crippen molar-refractivity contribution in [2.45, 2.75) is 0 Å². The van der Waals surface area contributed by atoms with Gasteiger partial charge in [0.25, 0.3) is 0 Å². The van der Waals surface area contributed by atoms with Crippen LogP contribution in [-0.4, -0.2) is 10.2 Å². The highest BCUT2D eigenvalue weighted by molar-refractivity contribution is 5.92. The Morgan fingerprint density at radius 3 is 1.67 bits per heavy atom. The Hall–Kier alpha value is -1.70. The zero-order chi connectivity index (χ0) is 8.55. The second-order valence-electron chi connectivity index (χ2n) is 2.48. The van der Waals surface area contributed by atoms with Crippen molar-refractivity contribution in [1.29, 1.82) is 0 Å². The van der Waals surface area contributed by atoms with Gasteiger partial charge in [0, 0.05) is 22.9 Å². The minimum atomic E-state index is 0.0526. The molecule has 2 heteroatoms. The van der Waals surface area contributed by atoms with Gasteiger partial charge in [0.1, 0.15) is 11.5 Å². The van der Waals surface area contributed by atoms with Crippen molar-refractivity contribution in [2.75, 3.05) is 0 Å². The molecule has 0 atom stereocenters. The molecule has 0 aliphatic carbocycles. The highest BCUT2D eigenvalue weighted by Crippen LogP contribution is 2.29. The number of hydrogen-bond donors (Lipinski definition) is 2. The van der Waals surface area contributed by atoms with E-state index in [2.05, 4.69) is 12.1 Å². The average Bonchev–Trinajstić information content (AvgIpc) is 2.07. The second-order valence-corrected chi connectivity index (χ2v) is 2.48. The van der Waals surface area contributed by atoms with Gasteiger partial charge < -0.3 is 10.2 Å². The molecular formula is C10H6O2. The summed E-state index contributed by atoms with van der Waals surface area (Å²) < 4.78 is 0. The molecule has 0 saturated heterocycles. The molecule has 2 aromatic rings. The standard InChI is InChI=1S/C10H6O2/c11-9-5-1-3-7-8(9)4-2-6-10(7)12/h1-4,11-12H. The Kier molecular flexibility index (Phi) is 1.40. The third-order valence-electron chi connectivity index (χ3n) is 1.74. The molecule has 0 fully saturated rings. The molecule has 0 spiro atoms. The minimum absolute atomic E-state index is 0.0526. The fourth-order valence-corrected chi connectivity index (χ4v) is 1.16. The van der Waals surface area contributed by atoms with Crippen LogP contribution in [0.2, 0.25) is 0 Å². The summed E-state index contributed by atoms with van der Waals surface area (Å²) in [6, 6.07) is 11.7. The van der Waals surface area contributed by atoms with Crippen molar-refractivity contribution in [3.8, 4) is 11.5 Å². The summed E-state index contributed by atoms with van der Waals surface area (Å²) in [5.74, 6) is 0.105. The number of phenols is 2. The smallest absolute Gasteiger partial charge is 0.131 e. The molecule has 0 aliphatic rings. The number of phenolic OH excluding ortho intramolecular Hbond substituents is 2. The first-order valence-electron chi connectivity index (χ1n) is 3.52. The van der Waals surface area contributed by atoms with Gasteiger partial charge in [-0.15, -0.1) is 0 Å². The number of benzene rings is 2. The van der Waals surface area contributed by atoms with Crippen LogP contribution in [0, 0.1) is 12.1 Å². The van der Waals surface area contributed by atoms with Crippen LogP contribution in [0.15, 0.2) is 24.3 Å². The van der Waals surface area contributed by atoms with Gasteiger partial charge in [0.15, 0.2) is 0 Å². The molecule has 2 radical (unpaired) electrons. The van der Waals surface area contributed by atoms with E-state index in [-0.39, 0.29) is 11.5 Å². The highest BCUT2D eigenvalue weighted by atomic mass is 16.3. The third-order valence-corrected chi connectivity index (χ3v) is 1.74. The number of hydrogen-bond acceptors (Lipinski definition) is 2. The van der Waals surface area contributed by atoms with Crippen LogP contribution in [0.5, 0.6) is 11.5 Å². The van der Waals surface area contributed by atoms with Crippen molar-refractivity contribution >= 4 is 10.8 Å². The van der Waals surface area contributed by atoms with Gasteiger partial charge >= 0.3 is 0 Å². The second kappa shape index (κ2) is 2.41. The van der Waals surface area contributed by atoms with Crippen LogP contribution in [0.4, 0.5) is 0 Å². The number of rotatable bonds is 0. The largest absolute Gasteiger partial charge is 0.507 e. The maximum Gasteiger partial charge on any atom is 0.131 e. The summed E-state index contributed by atoms with van der Waals surface area (Å²) in [4.78, 5) is 0. The van der Waals surface area contributed by atoms with E-state index >= 15 is 0 Å². The molecular weight excluding hydrogens is 152 g/mol. The van der Waals surface area contributed by atoms with Crippen molar-refractivity contribution in [3.63, 3.8) is 0 Å². The van der Waals surface area contributed by atoms with Crippen LogP contribution in [0.25, 0.3) is 10.8 Å². The Labute approximate surface area is 69.7 Å². The van der Waals surface area contributed by atoms with Crippen molar-refractivity contribution in [2.24, 2.45) is 0 Å². The minimum Gasteiger partial charge on any atom is -0.507 e. The lowest BCUT2D eigenvalue weighted by molar-refractivity contribution is 0.474. The molecule has 0 bridgehead atoms. The first-order chi connectivity index (χ1) is 5.79. The number of fused-ring (bicyclic) bond motifs is 1. The third kappa shape index (κ3) is 0.889. The van der Waals surface area contributed by atoms with Gasteiger partial charge in [-0.25, -0.2) is 0 Å². The van der Waals surface area contributed by atoms with Gasteiger partial charge in [0.05, 0.1) is 0 Å². The lowest BCUT2D eigenvalue weighted by Gasteiger charge is -2.00. The summed E-state index contributed by atoms with van der Waals surface area (Å²) in [6.07, 6.45) is 0. The molecule has 2 nitrogen and oxygen atoms in total. The van der Waals surface area contributed by atoms with Crippen LogP contribution < -0.4 is 0 Å². The Morgan fingerprint density at radius 2 is 1.25 bits per heavy atom. The molecule has 0 aliphatic heterocycles. The molecule has 2 N–H and O–H groups in total. The lowest BCUT2D eigenvalue weighted by Crippen LogP contribution is -1.74. The van der Waals surface area contributed by atoms with E-state index in [1.54, 1.807) is 24.3 Å². The van der Waals surface area contributed by atoms with Gasteiger partial charge in [-0.3, -0.25) is 0 Å². The van der Waals surface area contributed by atoms with Gasteiger partial charge in [-0.1, -0.05) is 0 Å². The fourth-order valence-electron chi connectivity index (χ4n) is 1.16. The molecule has 12 heavy (non-hydrogen) atoms. The highest BCUT2D eigenvalue weighted by Gasteiger charge is 2.01. The molecule has 0 saturated carbocycles. The van der Waals surface area contributed by atoms with Crippen molar-refractivity contribution in [3.05, 3.63) is 36.4 Å². The summed E-state index contributed by atoms with van der Waals surface area (Å²) in [5.41, 5.74) is 0. The summed E-state index contributed by atoms with van der Waals surface area (Å²) >= 11 is 0. The predicted molar refractivity (Wildman–Crippen MR) is 44.9 cm³/mol. The first kappa shape index (κ1) is 6.98. The molecule has 0 aromatic heterocycles. The zero-order valence-corrected chi connectivity index (χ0v) is 6.20. The molecule has 2 aromatic carbocycles. The van der Waals surface area contributed by atoms with E-state index in [1.165, 1.54) is 0 Å². The average molecular weight is 158 g/mol. The van der Waals surface area contributed by atoms with Crippen molar-refractivity contribution < 1.29 is 10.2 Å². The molecule has 0 amide bonds. The van der Waals surface area contributed by atoms with E-state index in [0.717, 1.165) is 0 Å². The van der Waals surface area contributed by atoms with Gasteiger partial charge in [-0.2, -0.15) is 0 Å². The molecule has 2 rings (SSSR count). The fraction of sp³-hybridized carbons (Fsp3) is 0. The van der Waals surface area contributed by atoms with Gasteiger partial charge in [-0.05, 0) is 24.3 Å². The summed E-state index contributed by atoms with van der Waals surface area (Å²) in [5, 5.41) is 19.8. The van der Waals surface area contributed by atoms with E-state index in [9.17, 15) is 10.2 Å². The van der Waals surface area contributed by atoms with Crippen molar-refractivity contribution in [1.82, 2.24) is 0 Å². The lowest BCUT2D eigenvalue weighted by atomic mass is 10.1. The van der Waals surface area contributed by atoms with Crippen LogP contribution in [0.3, 0.4) is 0 Å². The van der Waals surface area contributed by atoms with Crippen LogP contribution in [0.1, 0.15) is 0 Å². The quantitative estimate of drug-likeness (QED) is 0.614. The van der Waals surface area contributed by atoms with E-state index in [0.29, 0.717) is 10.8 Å². The number of aromatic hydroxyl groups is 2. The van der Waals surface area contributed by atoms with Crippen LogP contribution in [-0.2, 0) is 0 Å². The SMILES string of the molecule is Oc1[c]ccc2c(O)[c]ccc12. The summed E-state index contributed by atoms with van der Waals surface area (Å²) in [7, 11) is 0. The topological polar surface area (TPSA) is 40.5 Å². The molecule has 58 valence electrons. The van der Waals surface area contributed by atoms with E-state index in [1.807, 2.05) is 0 Å². The summed E-state index contributed by atoms with van der Waals surface area (Å²) in [6.45, 7) is 0. The van der Waals surface area contributed by atoms with E-state index < -0.39 is 0 Å². The Bertz CT molecular complexity index is 380. The monoisotopic (exact) mass is 158 g/mol. The Balaban J connectivity index is 2.94. The zero-order valence-electron chi connectivity index (χ0n) is 6.20. The first-order valence-corrected chi connectivity index (χ1v) is 3.52. The van der Waals surface area contributed by atoms with Gasteiger partial charge in [0.2, 0.25) is 0 Å². The van der Waals surface area contributed by atoms with E-state index in [4.69, 9.17) is 0 Å². The maximum absolute atomic E-state index is 9.32.